The van der Waals surface area contributed by atoms with Gasteiger partial charge in [0.15, 0.2) is 0 Å². The smallest absolute Gasteiger partial charge is 0.299 e. The topological polar surface area (TPSA) is 9.23 Å². The van der Waals surface area contributed by atoms with Gasteiger partial charge in [-0.3, -0.25) is 0 Å². The van der Waals surface area contributed by atoms with Crippen LogP contribution in [0.4, 0.5) is 0 Å². The molecule has 0 radical (unpaired) electrons. The van der Waals surface area contributed by atoms with E-state index in [-0.39, 0.29) is 5.25 Å². The summed E-state index contributed by atoms with van der Waals surface area (Å²) >= 11 is 4.70. The molecule has 1 aromatic rings. The molecule has 2 saturated heterocycles. The third-order valence-corrected chi connectivity index (χ3v) is 5.31. The molecule has 1 aromatic carbocycles. The lowest BCUT2D eigenvalue weighted by molar-refractivity contribution is 0.269. The fourth-order valence-electron chi connectivity index (χ4n) is 3.86. The van der Waals surface area contributed by atoms with E-state index in [1.165, 1.54) is 44.1 Å². The van der Waals surface area contributed by atoms with Crippen molar-refractivity contribution in [3.05, 3.63) is 35.9 Å². The Morgan fingerprint density at radius 1 is 1.05 bits per heavy atom. The molecule has 2 heterocycles. The third kappa shape index (κ3) is 3.20. The van der Waals surface area contributed by atoms with Crippen molar-refractivity contribution in [1.29, 1.82) is 0 Å². The SMILES string of the molecule is SC(COB1C2CCCC1CCC2)c1ccccc1. The third-order valence-electron chi connectivity index (χ3n) is 4.86. The molecular weight excluding hydrogens is 251 g/mol. The van der Waals surface area contributed by atoms with E-state index in [1.54, 1.807) is 0 Å². The molecule has 2 aliphatic heterocycles. The molecule has 2 bridgehead atoms. The van der Waals surface area contributed by atoms with Gasteiger partial charge in [0.2, 0.25) is 0 Å². The molecule has 0 amide bonds. The van der Waals surface area contributed by atoms with Crippen LogP contribution in [0.15, 0.2) is 30.3 Å². The van der Waals surface area contributed by atoms with Gasteiger partial charge in [-0.2, -0.15) is 12.6 Å². The van der Waals surface area contributed by atoms with E-state index in [2.05, 4.69) is 30.3 Å². The first-order valence-corrected chi connectivity index (χ1v) is 8.21. The van der Waals surface area contributed by atoms with Crippen molar-refractivity contribution in [1.82, 2.24) is 0 Å². The van der Waals surface area contributed by atoms with Gasteiger partial charge in [-0.1, -0.05) is 68.9 Å². The quantitative estimate of drug-likeness (QED) is 0.614. The van der Waals surface area contributed by atoms with Crippen molar-refractivity contribution in [3.8, 4) is 0 Å². The number of rotatable bonds is 4. The van der Waals surface area contributed by atoms with Crippen LogP contribution in [-0.4, -0.2) is 13.5 Å². The molecule has 19 heavy (non-hydrogen) atoms. The minimum absolute atomic E-state index is 0.212. The van der Waals surface area contributed by atoms with Crippen molar-refractivity contribution in [2.75, 3.05) is 6.61 Å². The Balaban J connectivity index is 1.57. The molecule has 0 spiro atoms. The van der Waals surface area contributed by atoms with Crippen molar-refractivity contribution in [3.63, 3.8) is 0 Å². The predicted molar refractivity (Wildman–Crippen MR) is 85.1 cm³/mol. The number of benzene rings is 1. The second-order valence-corrected chi connectivity index (χ2v) is 6.73. The molecule has 3 rings (SSSR count). The minimum atomic E-state index is 0.212. The predicted octanol–water partition coefficient (Wildman–Crippen LogP) is 4.77. The maximum Gasteiger partial charge on any atom is 0.299 e. The number of thiol groups is 1. The molecule has 0 aromatic heterocycles. The van der Waals surface area contributed by atoms with E-state index >= 15 is 0 Å². The molecule has 3 heteroatoms. The first-order chi connectivity index (χ1) is 9.34. The van der Waals surface area contributed by atoms with E-state index in [1.807, 2.05) is 0 Å². The summed E-state index contributed by atoms with van der Waals surface area (Å²) in [7, 11) is 0. The summed E-state index contributed by atoms with van der Waals surface area (Å²) in [5, 5.41) is 0.212. The van der Waals surface area contributed by atoms with Crippen LogP contribution in [0.25, 0.3) is 0 Å². The lowest BCUT2D eigenvalue weighted by atomic mass is 9.38. The standard InChI is InChI=1S/C16H23BOS/c19-16(13-6-2-1-3-7-13)12-18-17-14-8-4-9-15(17)11-5-10-14/h1-3,6-7,14-16,19H,4-5,8-12H2. The zero-order valence-corrected chi connectivity index (χ0v) is 12.4. The molecule has 0 aliphatic carbocycles. The zero-order valence-electron chi connectivity index (χ0n) is 11.5. The highest BCUT2D eigenvalue weighted by molar-refractivity contribution is 7.80. The van der Waals surface area contributed by atoms with Crippen LogP contribution in [-0.2, 0) is 4.65 Å². The van der Waals surface area contributed by atoms with Crippen LogP contribution in [0.2, 0.25) is 11.6 Å². The van der Waals surface area contributed by atoms with Gasteiger partial charge in [-0.15, -0.1) is 0 Å². The summed E-state index contributed by atoms with van der Waals surface area (Å²) < 4.78 is 6.29. The molecule has 0 N–H and O–H groups in total. The van der Waals surface area contributed by atoms with Gasteiger partial charge in [-0.25, -0.2) is 0 Å². The maximum absolute atomic E-state index is 6.29. The molecule has 2 fully saturated rings. The summed E-state index contributed by atoms with van der Waals surface area (Å²) in [4.78, 5) is 0. The first-order valence-electron chi connectivity index (χ1n) is 7.69. The van der Waals surface area contributed by atoms with Crippen LogP contribution < -0.4 is 0 Å². The van der Waals surface area contributed by atoms with Gasteiger partial charge >= 0.3 is 0 Å². The Bertz CT molecular complexity index is 375. The normalized spacial score (nSPS) is 28.2. The van der Waals surface area contributed by atoms with Gasteiger partial charge < -0.3 is 4.65 Å². The van der Waals surface area contributed by atoms with E-state index in [0.29, 0.717) is 6.92 Å². The highest BCUT2D eigenvalue weighted by atomic mass is 32.1. The average molecular weight is 274 g/mol. The Kier molecular flexibility index (Phi) is 4.55. The van der Waals surface area contributed by atoms with Crippen molar-refractivity contribution >= 4 is 19.5 Å². The van der Waals surface area contributed by atoms with Gasteiger partial charge in [0.05, 0.1) is 0 Å². The van der Waals surface area contributed by atoms with Crippen LogP contribution in [0.5, 0.6) is 0 Å². The summed E-state index contributed by atoms with van der Waals surface area (Å²) in [5.74, 6) is 1.65. The number of fused-ring (bicyclic) bond motifs is 2. The molecule has 1 atom stereocenters. The largest absolute Gasteiger partial charge is 0.434 e. The van der Waals surface area contributed by atoms with Crippen LogP contribution in [0, 0.1) is 0 Å². The molecule has 0 saturated carbocycles. The monoisotopic (exact) mass is 274 g/mol. The van der Waals surface area contributed by atoms with Crippen molar-refractivity contribution < 1.29 is 4.65 Å². The van der Waals surface area contributed by atoms with Crippen LogP contribution >= 0.6 is 12.6 Å². The van der Waals surface area contributed by atoms with E-state index in [9.17, 15) is 0 Å². The zero-order chi connectivity index (χ0) is 13.1. The highest BCUT2D eigenvalue weighted by Gasteiger charge is 2.41. The Labute approximate surface area is 122 Å². The Morgan fingerprint density at radius 2 is 1.63 bits per heavy atom. The van der Waals surface area contributed by atoms with E-state index in [4.69, 9.17) is 17.3 Å². The average Bonchev–Trinajstić information content (AvgIpc) is 2.45. The Morgan fingerprint density at radius 3 is 2.21 bits per heavy atom. The minimum Gasteiger partial charge on any atom is -0.434 e. The fourth-order valence-corrected chi connectivity index (χ4v) is 4.12. The van der Waals surface area contributed by atoms with Crippen molar-refractivity contribution in [2.45, 2.75) is 55.4 Å². The summed E-state index contributed by atoms with van der Waals surface area (Å²) in [5.41, 5.74) is 1.27. The van der Waals surface area contributed by atoms with E-state index in [0.717, 1.165) is 18.2 Å². The van der Waals surface area contributed by atoms with Gasteiger partial charge in [0.1, 0.15) is 0 Å². The first kappa shape index (κ1) is 13.6. The second-order valence-electron chi connectivity index (χ2n) is 6.11. The molecular formula is C16H23BOS. The molecule has 1 nitrogen and oxygen atoms in total. The van der Waals surface area contributed by atoms with Crippen LogP contribution in [0.1, 0.15) is 49.3 Å². The molecule has 1 unspecified atom stereocenters. The lowest BCUT2D eigenvalue weighted by Crippen LogP contribution is -2.37. The summed E-state index contributed by atoms with van der Waals surface area (Å²) in [6.07, 6.45) is 8.34. The van der Waals surface area contributed by atoms with E-state index < -0.39 is 0 Å². The van der Waals surface area contributed by atoms with Gasteiger partial charge in [0.25, 0.3) is 6.92 Å². The maximum atomic E-state index is 6.29. The summed E-state index contributed by atoms with van der Waals surface area (Å²) in [6, 6.07) is 10.5. The molecule has 2 aliphatic rings. The van der Waals surface area contributed by atoms with Gasteiger partial charge in [-0.05, 0) is 17.2 Å². The summed E-state index contributed by atoms with van der Waals surface area (Å²) in [6.45, 7) is 1.27. The van der Waals surface area contributed by atoms with Crippen molar-refractivity contribution in [2.24, 2.45) is 0 Å². The lowest BCUT2D eigenvalue weighted by Gasteiger charge is -2.39. The fraction of sp³-hybridized carbons (Fsp3) is 0.625. The van der Waals surface area contributed by atoms with Crippen LogP contribution in [0.3, 0.4) is 0 Å². The number of hydrogen-bond acceptors (Lipinski definition) is 2. The molecule has 102 valence electrons. The Hall–Kier alpha value is -0.405. The number of hydrogen-bond donors (Lipinski definition) is 1. The van der Waals surface area contributed by atoms with Gasteiger partial charge in [0, 0.05) is 11.9 Å². The second kappa shape index (κ2) is 6.36. The highest BCUT2D eigenvalue weighted by Crippen LogP contribution is 2.46.